The number of furan rings is 2. The van der Waals surface area contributed by atoms with Crippen LogP contribution in [-0.2, 0) is 0 Å². The third-order valence-electron chi connectivity index (χ3n) is 9.88. The number of aromatic amines is 1. The zero-order valence-corrected chi connectivity index (χ0v) is 27.6. The van der Waals surface area contributed by atoms with Crippen molar-refractivity contribution in [1.29, 1.82) is 0 Å². The molecule has 0 saturated carbocycles. The van der Waals surface area contributed by atoms with Gasteiger partial charge in [-0.15, -0.1) is 0 Å². The van der Waals surface area contributed by atoms with Crippen molar-refractivity contribution in [3.63, 3.8) is 0 Å². The number of fused-ring (bicyclic) bond motifs is 9. The number of nitrogens with one attached hydrogen (secondary N) is 1. The molecule has 0 aliphatic heterocycles. The number of aromatic nitrogens is 1. The molecule has 0 aliphatic carbocycles. The maximum atomic E-state index is 6.26. The summed E-state index contributed by atoms with van der Waals surface area (Å²) in [6, 6.07) is 63.5. The van der Waals surface area contributed by atoms with E-state index in [0.717, 1.165) is 49.7 Å². The Morgan fingerprint density at radius 1 is 0.294 bits per heavy atom. The van der Waals surface area contributed by atoms with Crippen LogP contribution in [0.5, 0.6) is 0 Å². The van der Waals surface area contributed by atoms with Crippen molar-refractivity contribution in [2.24, 2.45) is 0 Å². The van der Waals surface area contributed by atoms with Crippen LogP contribution in [0.3, 0.4) is 0 Å². The average Bonchev–Trinajstić information content (AvgIpc) is 3.88. The van der Waals surface area contributed by atoms with E-state index in [1.807, 2.05) is 24.3 Å². The number of hydrogen-bond acceptors (Lipinski definition) is 2. The van der Waals surface area contributed by atoms with Crippen LogP contribution in [0, 0.1) is 0 Å². The van der Waals surface area contributed by atoms with E-state index in [1.165, 1.54) is 49.3 Å². The maximum Gasteiger partial charge on any atom is 0.143 e. The second kappa shape index (κ2) is 11.9. The van der Waals surface area contributed by atoms with Crippen LogP contribution in [0.2, 0.25) is 0 Å². The van der Waals surface area contributed by atoms with Crippen LogP contribution in [-0.4, -0.2) is 4.98 Å². The van der Waals surface area contributed by atoms with Gasteiger partial charge in [-0.2, -0.15) is 0 Å². The summed E-state index contributed by atoms with van der Waals surface area (Å²) in [7, 11) is 0. The first-order valence-electron chi connectivity index (χ1n) is 17.3. The van der Waals surface area contributed by atoms with Gasteiger partial charge in [0.25, 0.3) is 0 Å². The molecular formula is C48H31NO2. The molecule has 0 unspecified atom stereocenters. The Kier molecular flexibility index (Phi) is 6.81. The molecule has 0 bridgehead atoms. The first-order valence-corrected chi connectivity index (χ1v) is 17.3. The molecule has 3 nitrogen and oxygen atoms in total. The van der Waals surface area contributed by atoms with Gasteiger partial charge < -0.3 is 13.8 Å². The van der Waals surface area contributed by atoms with Crippen molar-refractivity contribution in [2.75, 3.05) is 0 Å². The smallest absolute Gasteiger partial charge is 0.143 e. The van der Waals surface area contributed by atoms with Crippen molar-refractivity contribution >= 4 is 65.7 Å². The SMILES string of the molecule is c1ccc(-c2cccc(-c3cccc(-c4cccc5c4oc4ccccc45)c3)c2)cc1.c1ccc2c(c1)[nH]c1cc3oc4ccccc4c3cc12. The number of H-pyrrole nitrogens is 1. The quantitative estimate of drug-likeness (QED) is 0.206. The van der Waals surface area contributed by atoms with Gasteiger partial charge in [0.2, 0.25) is 0 Å². The highest BCUT2D eigenvalue weighted by molar-refractivity contribution is 6.16. The second-order valence-electron chi connectivity index (χ2n) is 13.0. The molecule has 0 radical (unpaired) electrons. The Balaban J connectivity index is 0.000000140. The second-order valence-corrected chi connectivity index (χ2v) is 13.0. The fourth-order valence-electron chi connectivity index (χ4n) is 7.42. The summed E-state index contributed by atoms with van der Waals surface area (Å²) >= 11 is 0. The summed E-state index contributed by atoms with van der Waals surface area (Å²) in [5.41, 5.74) is 13.2. The van der Waals surface area contributed by atoms with Crippen molar-refractivity contribution in [2.45, 2.75) is 0 Å². The highest BCUT2D eigenvalue weighted by Gasteiger charge is 2.13. The molecule has 8 aromatic carbocycles. The van der Waals surface area contributed by atoms with Crippen molar-refractivity contribution < 1.29 is 8.83 Å². The van der Waals surface area contributed by atoms with E-state index in [-0.39, 0.29) is 0 Å². The Hall–Kier alpha value is -6.84. The van der Waals surface area contributed by atoms with E-state index >= 15 is 0 Å². The molecule has 51 heavy (non-hydrogen) atoms. The van der Waals surface area contributed by atoms with E-state index in [0.29, 0.717) is 0 Å². The lowest BCUT2D eigenvalue weighted by molar-refractivity contribution is 0.669. The molecule has 0 amide bonds. The molecule has 3 aromatic heterocycles. The normalized spacial score (nSPS) is 11.5. The summed E-state index contributed by atoms with van der Waals surface area (Å²) in [5.74, 6) is 0. The van der Waals surface area contributed by atoms with Crippen molar-refractivity contribution in [1.82, 2.24) is 4.98 Å². The lowest BCUT2D eigenvalue weighted by Crippen LogP contribution is -1.84. The molecule has 0 fully saturated rings. The van der Waals surface area contributed by atoms with Crippen LogP contribution < -0.4 is 0 Å². The number of hydrogen-bond donors (Lipinski definition) is 1. The van der Waals surface area contributed by atoms with Crippen LogP contribution in [0.1, 0.15) is 0 Å². The van der Waals surface area contributed by atoms with Crippen molar-refractivity contribution in [3.05, 3.63) is 182 Å². The maximum absolute atomic E-state index is 6.26. The van der Waals surface area contributed by atoms with Gasteiger partial charge in [0.05, 0.1) is 5.52 Å². The first-order chi connectivity index (χ1) is 25.3. The number of benzene rings is 8. The molecule has 0 aliphatic rings. The van der Waals surface area contributed by atoms with Gasteiger partial charge in [0.15, 0.2) is 0 Å². The van der Waals surface area contributed by atoms with Gasteiger partial charge >= 0.3 is 0 Å². The Morgan fingerprint density at radius 3 is 1.63 bits per heavy atom. The fraction of sp³-hybridized carbons (Fsp3) is 0. The average molecular weight is 654 g/mol. The molecule has 0 saturated heterocycles. The van der Waals surface area contributed by atoms with E-state index in [9.17, 15) is 0 Å². The zero-order chi connectivity index (χ0) is 33.7. The van der Waals surface area contributed by atoms with Crippen LogP contribution in [0.15, 0.2) is 191 Å². The molecule has 1 N–H and O–H groups in total. The predicted molar refractivity (Wildman–Crippen MR) is 213 cm³/mol. The van der Waals surface area contributed by atoms with Gasteiger partial charge in [-0.05, 0) is 64.2 Å². The Morgan fingerprint density at radius 2 is 0.843 bits per heavy atom. The van der Waals surface area contributed by atoms with Gasteiger partial charge in [-0.3, -0.25) is 0 Å². The molecular weight excluding hydrogens is 623 g/mol. The summed E-state index contributed by atoms with van der Waals surface area (Å²) in [4.78, 5) is 3.45. The third-order valence-corrected chi connectivity index (χ3v) is 9.88. The van der Waals surface area contributed by atoms with Crippen LogP contribution >= 0.6 is 0 Å². The molecule has 0 atom stereocenters. The van der Waals surface area contributed by atoms with Gasteiger partial charge in [0.1, 0.15) is 22.3 Å². The monoisotopic (exact) mass is 653 g/mol. The van der Waals surface area contributed by atoms with E-state index in [4.69, 9.17) is 8.83 Å². The van der Waals surface area contributed by atoms with Gasteiger partial charge in [-0.25, -0.2) is 0 Å². The zero-order valence-electron chi connectivity index (χ0n) is 27.6. The summed E-state index contributed by atoms with van der Waals surface area (Å²) in [6.07, 6.45) is 0. The Labute approximate surface area is 294 Å². The standard InChI is InChI=1S/C30H20O.C18H11NO/c1-2-9-21(10-3-1)22-11-6-12-23(19-22)24-13-7-14-25(20-24)26-16-8-17-28-27-15-4-5-18-29(27)31-30(26)28;1-3-7-15-11(5-1)13-9-14-12-6-2-4-8-17(12)20-18(14)10-16(13)19-15/h1-20H;1-10,19H. The largest absolute Gasteiger partial charge is 0.456 e. The molecule has 3 heterocycles. The molecule has 240 valence electrons. The highest BCUT2D eigenvalue weighted by Crippen LogP contribution is 2.38. The van der Waals surface area contributed by atoms with E-state index in [1.54, 1.807) is 0 Å². The van der Waals surface area contributed by atoms with Gasteiger partial charge in [0, 0.05) is 49.5 Å². The molecule has 11 rings (SSSR count). The minimum Gasteiger partial charge on any atom is -0.456 e. The van der Waals surface area contributed by atoms with E-state index < -0.39 is 0 Å². The van der Waals surface area contributed by atoms with E-state index in [2.05, 4.69) is 163 Å². The minimum absolute atomic E-state index is 0.927. The number of para-hydroxylation sites is 4. The van der Waals surface area contributed by atoms with Crippen LogP contribution in [0.4, 0.5) is 0 Å². The lowest BCUT2D eigenvalue weighted by Gasteiger charge is -2.09. The fourth-order valence-corrected chi connectivity index (χ4v) is 7.42. The van der Waals surface area contributed by atoms with Gasteiger partial charge in [-0.1, -0.05) is 140 Å². The molecule has 3 heteroatoms. The molecule has 11 aromatic rings. The highest BCUT2D eigenvalue weighted by atomic mass is 16.3. The van der Waals surface area contributed by atoms with Crippen molar-refractivity contribution in [3.8, 4) is 33.4 Å². The summed E-state index contributed by atoms with van der Waals surface area (Å²) in [6.45, 7) is 0. The third kappa shape index (κ3) is 5.06. The molecule has 0 spiro atoms. The lowest BCUT2D eigenvalue weighted by atomic mass is 9.95. The number of rotatable bonds is 3. The minimum atomic E-state index is 0.927. The predicted octanol–water partition coefficient (Wildman–Crippen LogP) is 13.8. The summed E-state index contributed by atoms with van der Waals surface area (Å²) in [5, 5.41) is 7.18. The Bertz CT molecular complexity index is 2950. The topological polar surface area (TPSA) is 42.1 Å². The summed E-state index contributed by atoms with van der Waals surface area (Å²) < 4.78 is 12.2. The van der Waals surface area contributed by atoms with Crippen LogP contribution in [0.25, 0.3) is 99.1 Å². The first kappa shape index (κ1) is 29.1.